The van der Waals surface area contributed by atoms with Crippen LogP contribution in [-0.2, 0) is 4.74 Å². The summed E-state index contributed by atoms with van der Waals surface area (Å²) < 4.78 is 6.07. The molecule has 0 saturated heterocycles. The molecule has 41 heavy (non-hydrogen) atoms. The molecule has 0 aromatic carbocycles. The Kier molecular flexibility index (Phi) is 29.7. The first-order chi connectivity index (χ1) is 19.9. The number of allylic oxidation sites excluding steroid dienone is 5. The summed E-state index contributed by atoms with van der Waals surface area (Å²) in [6.45, 7) is 10.1. The van der Waals surface area contributed by atoms with Crippen LogP contribution in [0.15, 0.2) is 36.6 Å². The van der Waals surface area contributed by atoms with E-state index in [0.29, 0.717) is 0 Å². The van der Waals surface area contributed by atoms with E-state index in [2.05, 4.69) is 77.1 Å². The Morgan fingerprint density at radius 3 is 1.56 bits per heavy atom. The van der Waals surface area contributed by atoms with Crippen LogP contribution in [0.5, 0.6) is 0 Å². The summed E-state index contributed by atoms with van der Waals surface area (Å²) in [5.74, 6) is 0.726. The van der Waals surface area contributed by atoms with Gasteiger partial charge < -0.3 is 9.64 Å². The van der Waals surface area contributed by atoms with Crippen molar-refractivity contribution >= 4 is 0 Å². The lowest BCUT2D eigenvalue weighted by Gasteiger charge is -2.32. The number of hydrogen-bond donors (Lipinski definition) is 0. The van der Waals surface area contributed by atoms with Crippen LogP contribution in [0.4, 0.5) is 0 Å². The highest BCUT2D eigenvalue weighted by molar-refractivity contribution is 4.92. The van der Waals surface area contributed by atoms with Gasteiger partial charge in [-0.2, -0.15) is 0 Å². The van der Waals surface area contributed by atoms with Crippen molar-refractivity contribution < 1.29 is 4.74 Å². The number of ether oxygens (including phenoxy) is 1. The highest BCUT2D eigenvalue weighted by Crippen LogP contribution is 2.21. The molecule has 0 aromatic heterocycles. The Morgan fingerprint density at radius 2 is 1.02 bits per heavy atom. The Bertz CT molecular complexity index is 603. The fourth-order valence-corrected chi connectivity index (χ4v) is 5.29. The van der Waals surface area contributed by atoms with Gasteiger partial charge in [0, 0.05) is 5.54 Å². The highest BCUT2D eigenvalue weighted by Gasteiger charge is 2.18. The topological polar surface area (TPSA) is 12.5 Å². The number of unbranched alkanes of at least 4 members (excludes halogenated alkanes) is 16. The molecule has 1 unspecified atom stereocenters. The molecule has 0 N–H and O–H groups in total. The molecule has 0 rings (SSSR count). The number of rotatable bonds is 31. The molecular weight excluding hydrogens is 498 g/mol. The molecule has 1 atom stereocenters. The van der Waals surface area contributed by atoms with Gasteiger partial charge in [0.2, 0.25) is 0 Å². The summed E-state index contributed by atoms with van der Waals surface area (Å²) >= 11 is 0. The first-order valence-electron chi connectivity index (χ1n) is 18.2. The predicted octanol–water partition coefficient (Wildman–Crippen LogP) is 13.0. The summed E-state index contributed by atoms with van der Waals surface area (Å²) in [5.41, 5.74) is 0.241. The summed E-state index contributed by atoms with van der Waals surface area (Å²) in [4.78, 5) is 2.31. The fraction of sp³-hybridized carbons (Fsp3) is 0.846. The van der Waals surface area contributed by atoms with Gasteiger partial charge in [-0.3, -0.25) is 0 Å². The van der Waals surface area contributed by atoms with Crippen molar-refractivity contribution in [3.63, 3.8) is 0 Å². The van der Waals surface area contributed by atoms with Crippen LogP contribution in [-0.4, -0.2) is 31.1 Å². The molecule has 0 heterocycles. The van der Waals surface area contributed by atoms with Gasteiger partial charge in [-0.25, -0.2) is 0 Å². The maximum atomic E-state index is 6.07. The molecule has 0 spiro atoms. The molecule has 2 heteroatoms. The zero-order chi connectivity index (χ0) is 30.3. The normalized spacial score (nSPS) is 13.4. The molecule has 242 valence electrons. The van der Waals surface area contributed by atoms with Gasteiger partial charge in [0.15, 0.2) is 0 Å². The van der Waals surface area contributed by atoms with Crippen LogP contribution in [0.2, 0.25) is 0 Å². The lowest BCUT2D eigenvalue weighted by atomic mass is 9.94. The third-order valence-corrected chi connectivity index (χ3v) is 8.94. The van der Waals surface area contributed by atoms with Crippen molar-refractivity contribution in [1.29, 1.82) is 0 Å². The molecule has 2 nitrogen and oxygen atoms in total. The molecule has 0 aliphatic rings. The zero-order valence-corrected chi connectivity index (χ0v) is 29.1. The van der Waals surface area contributed by atoms with E-state index in [0.717, 1.165) is 31.8 Å². The fourth-order valence-electron chi connectivity index (χ4n) is 5.29. The van der Waals surface area contributed by atoms with Gasteiger partial charge in [-0.1, -0.05) is 134 Å². The van der Waals surface area contributed by atoms with Gasteiger partial charge in [0.05, 0.1) is 12.9 Å². The first-order valence-corrected chi connectivity index (χ1v) is 18.2. The van der Waals surface area contributed by atoms with Crippen molar-refractivity contribution in [2.45, 2.75) is 187 Å². The van der Waals surface area contributed by atoms with Crippen molar-refractivity contribution in [2.75, 3.05) is 20.7 Å². The van der Waals surface area contributed by atoms with E-state index < -0.39 is 0 Å². The smallest absolute Gasteiger partial charge is 0.0901 e. The van der Waals surface area contributed by atoms with Crippen LogP contribution in [0, 0.1) is 5.92 Å². The molecule has 0 aliphatic carbocycles. The second-order valence-electron chi connectivity index (χ2n) is 13.5. The summed E-state index contributed by atoms with van der Waals surface area (Å²) in [5, 5.41) is 0. The van der Waals surface area contributed by atoms with Crippen LogP contribution in [0.3, 0.4) is 0 Å². The van der Waals surface area contributed by atoms with Gasteiger partial charge >= 0.3 is 0 Å². The quantitative estimate of drug-likeness (QED) is 0.0464. The average molecular weight is 574 g/mol. The Labute approximate surface area is 259 Å². The Morgan fingerprint density at radius 1 is 0.561 bits per heavy atom. The summed E-state index contributed by atoms with van der Waals surface area (Å²) in [6.07, 6.45) is 45.8. The second kappa shape index (κ2) is 30.4. The molecule has 0 radical (unpaired) electrons. The van der Waals surface area contributed by atoms with E-state index in [1.165, 1.54) is 135 Å². The van der Waals surface area contributed by atoms with Crippen molar-refractivity contribution in [3.8, 4) is 0 Å². The monoisotopic (exact) mass is 574 g/mol. The maximum absolute atomic E-state index is 6.07. The van der Waals surface area contributed by atoms with E-state index in [1.54, 1.807) is 0 Å². The van der Waals surface area contributed by atoms with Crippen LogP contribution in [0.25, 0.3) is 0 Å². The number of hydrogen-bond acceptors (Lipinski definition) is 2. The molecule has 0 fully saturated rings. The minimum Gasteiger partial charge on any atom is -0.501 e. The highest BCUT2D eigenvalue weighted by atomic mass is 16.5. The van der Waals surface area contributed by atoms with Gasteiger partial charge in [0.1, 0.15) is 0 Å². The standard InChI is InChI=1S/C39H75NO/c1-7-9-11-13-15-17-18-19-20-21-22-23-24-26-28-30-34-38(33-29-27-25-16-14-12-10-8-2)37-41-36-32-31-35-39(3,4)40(5)6/h15,17,19-20,32,36,38H,7-14,16,18,21-31,33-35,37H2,1-6H3/b17-15-,20-19-,36-32+. The van der Waals surface area contributed by atoms with E-state index >= 15 is 0 Å². The van der Waals surface area contributed by atoms with E-state index in [9.17, 15) is 0 Å². The molecular formula is C39H75NO. The first kappa shape index (κ1) is 40.0. The van der Waals surface area contributed by atoms with Crippen LogP contribution in [0.1, 0.15) is 182 Å². The van der Waals surface area contributed by atoms with Crippen molar-refractivity contribution in [1.82, 2.24) is 4.90 Å². The van der Waals surface area contributed by atoms with E-state index in [4.69, 9.17) is 4.74 Å². The molecule has 0 aliphatic heterocycles. The SMILES string of the molecule is CCCCC/C=C\C/C=C\CCCCCCCCC(CCCCCCCCCC)CO/C=C/CCC(C)(C)N(C)C. The Balaban J connectivity index is 4.07. The summed E-state index contributed by atoms with van der Waals surface area (Å²) in [6, 6.07) is 0. The van der Waals surface area contributed by atoms with Crippen LogP contribution < -0.4 is 0 Å². The van der Waals surface area contributed by atoms with Crippen LogP contribution >= 0.6 is 0 Å². The molecule has 0 amide bonds. The minimum atomic E-state index is 0.241. The second-order valence-corrected chi connectivity index (χ2v) is 13.5. The zero-order valence-electron chi connectivity index (χ0n) is 29.1. The van der Waals surface area contributed by atoms with E-state index in [1.807, 2.05) is 6.26 Å². The third-order valence-electron chi connectivity index (χ3n) is 8.94. The average Bonchev–Trinajstić information content (AvgIpc) is 2.95. The van der Waals surface area contributed by atoms with Gasteiger partial charge in [-0.15, -0.1) is 0 Å². The maximum Gasteiger partial charge on any atom is 0.0901 e. The lowest BCUT2D eigenvalue weighted by molar-refractivity contribution is 0.172. The third kappa shape index (κ3) is 28.9. The molecule has 0 saturated carbocycles. The summed E-state index contributed by atoms with van der Waals surface area (Å²) in [7, 11) is 4.34. The molecule has 0 bridgehead atoms. The Hall–Kier alpha value is -1.02. The van der Waals surface area contributed by atoms with Gasteiger partial charge in [0.25, 0.3) is 0 Å². The lowest BCUT2D eigenvalue weighted by Crippen LogP contribution is -2.37. The molecule has 0 aromatic rings. The predicted molar refractivity (Wildman–Crippen MR) is 187 cm³/mol. The van der Waals surface area contributed by atoms with Crippen molar-refractivity contribution in [3.05, 3.63) is 36.6 Å². The largest absolute Gasteiger partial charge is 0.501 e. The van der Waals surface area contributed by atoms with Gasteiger partial charge in [-0.05, 0) is 97.7 Å². The van der Waals surface area contributed by atoms with Crippen molar-refractivity contribution in [2.24, 2.45) is 5.92 Å². The minimum absolute atomic E-state index is 0.241. The van der Waals surface area contributed by atoms with E-state index in [-0.39, 0.29) is 5.54 Å². The number of nitrogens with zero attached hydrogens (tertiary/aromatic N) is 1.